The first-order valence-electron chi connectivity index (χ1n) is 7.26. The van der Waals surface area contributed by atoms with E-state index in [9.17, 15) is 29.1 Å². The molecule has 1 unspecified atom stereocenters. The third-order valence-corrected chi connectivity index (χ3v) is 2.65. The zero-order valence-corrected chi connectivity index (χ0v) is 13.2. The summed E-state index contributed by atoms with van der Waals surface area (Å²) in [5.41, 5.74) is 0. The molecule has 0 heterocycles. The molecule has 0 bridgehead atoms. The van der Waals surface area contributed by atoms with Crippen LogP contribution >= 0.6 is 0 Å². The molecule has 0 fully saturated rings. The van der Waals surface area contributed by atoms with Crippen LogP contribution in [0.15, 0.2) is 0 Å². The second kappa shape index (κ2) is 11.7. The number of carboxylic acid groups (broad SMARTS) is 2. The van der Waals surface area contributed by atoms with Gasteiger partial charge in [-0.25, -0.2) is 4.79 Å². The molecule has 0 spiro atoms. The summed E-state index contributed by atoms with van der Waals surface area (Å²) in [6.07, 6.45) is -3.78. The van der Waals surface area contributed by atoms with E-state index in [1.54, 1.807) is 0 Å². The van der Waals surface area contributed by atoms with Gasteiger partial charge in [-0.05, 0) is 12.8 Å². The molecule has 4 N–H and O–H groups in total. The zero-order chi connectivity index (χ0) is 19.4. The highest BCUT2D eigenvalue weighted by Crippen LogP contribution is 2.04. The van der Waals surface area contributed by atoms with Gasteiger partial charge in [0.2, 0.25) is 0 Å². The van der Waals surface area contributed by atoms with E-state index in [-0.39, 0.29) is 38.5 Å². The van der Waals surface area contributed by atoms with Gasteiger partial charge in [0, 0.05) is 25.7 Å². The zero-order valence-electron chi connectivity index (χ0n) is 13.2. The quantitative estimate of drug-likeness (QED) is 0.166. The van der Waals surface area contributed by atoms with Gasteiger partial charge in [0.1, 0.15) is 0 Å². The molecule has 11 heteroatoms. The summed E-state index contributed by atoms with van der Waals surface area (Å²) in [6.45, 7) is 0. The van der Waals surface area contributed by atoms with Gasteiger partial charge in [-0.3, -0.25) is 24.6 Å². The molecule has 0 radical (unpaired) electrons. The number of aliphatic hydroxyl groups excluding tert-OH is 1. The lowest BCUT2D eigenvalue weighted by atomic mass is 10.2. The summed E-state index contributed by atoms with van der Waals surface area (Å²) in [7, 11) is 0. The highest BCUT2D eigenvalue weighted by Gasteiger charge is 2.23. The number of hydrogen-bond acceptors (Lipinski definition) is 9. The average Bonchev–Trinajstić information content (AvgIpc) is 2.45. The lowest BCUT2D eigenvalue weighted by molar-refractivity contribution is -0.166. The number of nitrogens with one attached hydrogen (secondary N) is 1. The van der Waals surface area contributed by atoms with Gasteiger partial charge < -0.3 is 24.8 Å². The predicted molar refractivity (Wildman–Crippen MR) is 78.5 cm³/mol. The maximum atomic E-state index is 11.4. The predicted octanol–water partition coefficient (Wildman–Crippen LogP) is -0.163. The maximum absolute atomic E-state index is 11.4. The van der Waals surface area contributed by atoms with Gasteiger partial charge in [-0.1, -0.05) is 0 Å². The molecule has 11 nitrogen and oxygen atoms in total. The molecule has 0 amide bonds. The van der Waals surface area contributed by atoms with Gasteiger partial charge in [0.15, 0.2) is 12.0 Å². The van der Waals surface area contributed by atoms with Crippen molar-refractivity contribution in [2.75, 3.05) is 0 Å². The minimum absolute atomic E-state index is 0.0108. The summed E-state index contributed by atoms with van der Waals surface area (Å²) in [5, 5.41) is 33.6. The maximum Gasteiger partial charge on any atom is 0.343 e. The second-order valence-corrected chi connectivity index (χ2v) is 4.90. The summed E-state index contributed by atoms with van der Waals surface area (Å²) >= 11 is 0. The number of carbonyl (C=O) groups is 5. The van der Waals surface area contributed by atoms with E-state index >= 15 is 0 Å². The molecule has 0 saturated carbocycles. The third kappa shape index (κ3) is 12.3. The molecule has 0 aliphatic carbocycles. The van der Waals surface area contributed by atoms with Crippen molar-refractivity contribution in [1.29, 1.82) is 5.41 Å². The third-order valence-electron chi connectivity index (χ3n) is 2.65. The molecule has 0 rings (SSSR count). The van der Waals surface area contributed by atoms with Crippen LogP contribution in [0.2, 0.25) is 0 Å². The van der Waals surface area contributed by atoms with Gasteiger partial charge in [0.25, 0.3) is 0 Å². The van der Waals surface area contributed by atoms with Crippen molar-refractivity contribution in [3.8, 4) is 0 Å². The monoisotopic (exact) mass is 361 g/mol. The van der Waals surface area contributed by atoms with E-state index < -0.39 is 48.3 Å². The number of carbonyl (C=O) groups excluding carboxylic acids is 3. The van der Waals surface area contributed by atoms with E-state index in [0.717, 1.165) is 0 Å². The SMILES string of the molecule is N=C(CC(O)C(=O)OC(=O)CCCC(=O)O)OC(=O)CCCC(=O)O. The van der Waals surface area contributed by atoms with Gasteiger partial charge in [-0.2, -0.15) is 0 Å². The number of rotatable bonds is 11. The smallest absolute Gasteiger partial charge is 0.343 e. The number of ether oxygens (including phenoxy) is 2. The molecule has 1 atom stereocenters. The van der Waals surface area contributed by atoms with E-state index in [0.29, 0.717) is 0 Å². The lowest BCUT2D eigenvalue weighted by Gasteiger charge is -2.10. The Balaban J connectivity index is 4.10. The van der Waals surface area contributed by atoms with Crippen molar-refractivity contribution in [2.24, 2.45) is 0 Å². The van der Waals surface area contributed by atoms with Crippen LogP contribution in [-0.2, 0) is 33.4 Å². The van der Waals surface area contributed by atoms with Crippen molar-refractivity contribution in [3.63, 3.8) is 0 Å². The Hall–Kier alpha value is -2.82. The summed E-state index contributed by atoms with van der Waals surface area (Å²) in [6, 6.07) is 0. The lowest BCUT2D eigenvalue weighted by Crippen LogP contribution is -2.29. The van der Waals surface area contributed by atoms with Crippen LogP contribution in [0.3, 0.4) is 0 Å². The average molecular weight is 361 g/mol. The van der Waals surface area contributed by atoms with Crippen molar-refractivity contribution in [1.82, 2.24) is 0 Å². The highest BCUT2D eigenvalue weighted by molar-refractivity contribution is 5.93. The van der Waals surface area contributed by atoms with E-state index in [4.69, 9.17) is 15.6 Å². The van der Waals surface area contributed by atoms with Gasteiger partial charge >= 0.3 is 29.8 Å². The molecule has 25 heavy (non-hydrogen) atoms. The Kier molecular flexibility index (Phi) is 10.4. The standard InChI is InChI=1S/C14H19NO10/c15-9(24-12(21)5-1-3-10(17)18)7-8(16)14(23)25-13(22)6-2-4-11(19)20/h8,15-16H,1-7H2,(H,17,18)(H,19,20). The topological polar surface area (TPSA) is 188 Å². The van der Waals surface area contributed by atoms with Crippen molar-refractivity contribution in [3.05, 3.63) is 0 Å². The fraction of sp³-hybridized carbons (Fsp3) is 0.571. The van der Waals surface area contributed by atoms with Crippen LogP contribution in [0.4, 0.5) is 0 Å². The minimum atomic E-state index is -1.91. The molecule has 0 aromatic heterocycles. The number of aliphatic hydroxyl groups is 1. The van der Waals surface area contributed by atoms with Crippen LogP contribution in [0.25, 0.3) is 0 Å². The molecular formula is C14H19NO10. The van der Waals surface area contributed by atoms with Crippen molar-refractivity contribution in [2.45, 2.75) is 51.0 Å². The molecule has 0 aliphatic heterocycles. The molecule has 0 aromatic carbocycles. The Bertz CT molecular complexity index is 542. The number of esters is 3. The molecule has 140 valence electrons. The highest BCUT2D eigenvalue weighted by atomic mass is 16.6. The summed E-state index contributed by atoms with van der Waals surface area (Å²) in [4.78, 5) is 54.5. The fourth-order valence-electron chi connectivity index (χ4n) is 1.49. The van der Waals surface area contributed by atoms with Gasteiger partial charge in [0.05, 0.1) is 6.42 Å². The Morgan fingerprint density at radius 3 is 1.68 bits per heavy atom. The first-order valence-corrected chi connectivity index (χ1v) is 7.26. The van der Waals surface area contributed by atoms with E-state index in [1.807, 2.05) is 0 Å². The molecule has 0 saturated heterocycles. The van der Waals surface area contributed by atoms with Crippen LogP contribution in [0.5, 0.6) is 0 Å². The minimum Gasteiger partial charge on any atom is -0.481 e. The summed E-state index contributed by atoms with van der Waals surface area (Å²) in [5.74, 6) is -6.22. The first-order chi connectivity index (χ1) is 11.6. The van der Waals surface area contributed by atoms with Crippen LogP contribution in [-0.4, -0.2) is 57.2 Å². The Morgan fingerprint density at radius 1 is 0.800 bits per heavy atom. The van der Waals surface area contributed by atoms with Crippen LogP contribution in [0.1, 0.15) is 44.9 Å². The molecule has 0 aliphatic rings. The molecular weight excluding hydrogens is 342 g/mol. The van der Waals surface area contributed by atoms with Crippen LogP contribution < -0.4 is 0 Å². The fourth-order valence-corrected chi connectivity index (χ4v) is 1.49. The van der Waals surface area contributed by atoms with Crippen molar-refractivity contribution < 1.29 is 48.8 Å². The number of aliphatic carboxylic acids is 2. The number of hydrogen-bond donors (Lipinski definition) is 4. The van der Waals surface area contributed by atoms with E-state index in [2.05, 4.69) is 9.47 Å². The Labute approximate surface area is 142 Å². The normalized spacial score (nSPS) is 11.2. The summed E-state index contributed by atoms with van der Waals surface area (Å²) < 4.78 is 8.75. The molecule has 0 aromatic rings. The largest absolute Gasteiger partial charge is 0.481 e. The Morgan fingerprint density at radius 2 is 1.24 bits per heavy atom. The van der Waals surface area contributed by atoms with Gasteiger partial charge in [-0.15, -0.1) is 0 Å². The number of carboxylic acids is 2. The van der Waals surface area contributed by atoms with Crippen molar-refractivity contribution >= 4 is 35.7 Å². The van der Waals surface area contributed by atoms with Crippen LogP contribution in [0, 0.1) is 5.41 Å². The second-order valence-electron chi connectivity index (χ2n) is 4.90. The first kappa shape index (κ1) is 22.2. The van der Waals surface area contributed by atoms with E-state index in [1.165, 1.54) is 0 Å².